The number of anilines is 2. The molecule has 0 saturated heterocycles. The number of hydrogen-bond donors (Lipinski definition) is 1. The predicted octanol–water partition coefficient (Wildman–Crippen LogP) is 7.18. The number of tetrazole rings is 1. The molecule has 1 fully saturated rings. The van der Waals surface area contributed by atoms with Crippen LogP contribution in [0.15, 0.2) is 30.3 Å². The Balaban J connectivity index is 0.00000461. The largest absolute Gasteiger partial charge is 0.416 e. The van der Waals surface area contributed by atoms with Gasteiger partial charge >= 0.3 is 18.5 Å². The minimum atomic E-state index is -5.06. The Morgan fingerprint density at radius 2 is 1.53 bits per heavy atom. The topological polar surface area (TPSA) is 76.1 Å². The predicted molar refractivity (Wildman–Crippen MR) is 150 cm³/mol. The van der Waals surface area contributed by atoms with Gasteiger partial charge in [-0.3, -0.25) is 0 Å². The van der Waals surface area contributed by atoms with Crippen molar-refractivity contribution in [1.82, 2.24) is 20.2 Å². The molecule has 17 heteroatoms. The molecule has 2 N–H and O–H groups in total. The second-order valence-electron chi connectivity index (χ2n) is 11.3. The van der Waals surface area contributed by atoms with Crippen LogP contribution in [-0.4, -0.2) is 39.8 Å². The summed E-state index contributed by atoms with van der Waals surface area (Å²) in [4.78, 5) is 4.46. The number of nitrogens with two attached hydrogens (primary N) is 1. The summed E-state index contributed by atoms with van der Waals surface area (Å²) in [6.45, 7) is 2.02. The summed E-state index contributed by atoms with van der Waals surface area (Å²) in [5.41, 5.74) is 2.18. The molecule has 0 spiro atoms. The molecule has 2 heterocycles. The molecule has 5 rings (SSSR count). The number of benzene rings is 2. The molecule has 1 aliphatic carbocycles. The van der Waals surface area contributed by atoms with Gasteiger partial charge in [0.1, 0.15) is 0 Å². The van der Waals surface area contributed by atoms with Crippen LogP contribution in [0.1, 0.15) is 65.1 Å². The number of hydrogen-bond acceptors (Lipinski definition) is 6. The molecule has 1 saturated carbocycles. The molecule has 7 nitrogen and oxygen atoms in total. The van der Waals surface area contributed by atoms with Gasteiger partial charge in [0.15, 0.2) is 0 Å². The van der Waals surface area contributed by atoms with Gasteiger partial charge in [-0.05, 0) is 84.7 Å². The van der Waals surface area contributed by atoms with Gasteiger partial charge < -0.3 is 15.5 Å². The average Bonchev–Trinajstić information content (AvgIpc) is 3.65. The molecular formula is C28H31ClF9N7. The highest BCUT2D eigenvalue weighted by atomic mass is 35.5. The summed E-state index contributed by atoms with van der Waals surface area (Å²) < 4.78 is 124. The molecule has 248 valence electrons. The normalized spacial score (nSPS) is 17.5. The van der Waals surface area contributed by atoms with Crippen molar-refractivity contribution in [2.45, 2.75) is 70.3 Å². The van der Waals surface area contributed by atoms with E-state index in [0.29, 0.717) is 55.2 Å². The third-order valence-electron chi connectivity index (χ3n) is 7.86. The Kier molecular flexibility index (Phi) is 9.88. The van der Waals surface area contributed by atoms with Crippen molar-refractivity contribution in [2.75, 3.05) is 29.4 Å². The fourth-order valence-electron chi connectivity index (χ4n) is 5.63. The third-order valence-corrected chi connectivity index (χ3v) is 7.86. The molecule has 45 heavy (non-hydrogen) atoms. The highest BCUT2D eigenvalue weighted by molar-refractivity contribution is 5.85. The molecule has 3 aromatic rings. The second-order valence-corrected chi connectivity index (χ2v) is 11.3. The summed E-state index contributed by atoms with van der Waals surface area (Å²) in [7, 11) is 0. The minimum absolute atomic E-state index is 0. The maximum absolute atomic E-state index is 14.0. The fourth-order valence-corrected chi connectivity index (χ4v) is 5.63. The van der Waals surface area contributed by atoms with Crippen LogP contribution in [0.5, 0.6) is 0 Å². The number of halogens is 10. The van der Waals surface area contributed by atoms with E-state index in [0.717, 1.165) is 23.7 Å². The summed E-state index contributed by atoms with van der Waals surface area (Å²) in [5.74, 6) is 0.225. The van der Waals surface area contributed by atoms with Crippen LogP contribution in [0.4, 0.5) is 51.1 Å². The third kappa shape index (κ3) is 7.94. The van der Waals surface area contributed by atoms with Crippen molar-refractivity contribution < 1.29 is 39.5 Å². The summed E-state index contributed by atoms with van der Waals surface area (Å²) in [6.07, 6.45) is -12.1. The van der Waals surface area contributed by atoms with E-state index in [-0.39, 0.29) is 48.6 Å². The van der Waals surface area contributed by atoms with Crippen molar-refractivity contribution in [3.8, 4) is 0 Å². The highest BCUT2D eigenvalue weighted by Crippen LogP contribution is 2.45. The van der Waals surface area contributed by atoms with Crippen LogP contribution in [0.3, 0.4) is 0 Å². The van der Waals surface area contributed by atoms with Gasteiger partial charge in [-0.1, -0.05) is 11.2 Å². The fraction of sp³-hybridized carbons (Fsp3) is 0.536. The van der Waals surface area contributed by atoms with E-state index in [1.54, 1.807) is 0 Å². The second kappa shape index (κ2) is 12.9. The SMILES string of the molecule is Cc1cc2c(cc1C(F)(F)F)N(CC1CC1)CCCC2N(Cc1cc(C(F)(F)F)cc(C(F)(F)F)c1)c1nnn(CCN)n1.Cl. The van der Waals surface area contributed by atoms with Crippen molar-refractivity contribution >= 4 is 24.0 Å². The standard InChI is InChI=1S/C28H30F9N7.ClH/c1-16-9-21-23(3-2-7-42(14-17-4-5-17)24(21)13-22(16)28(35,36)37)43(25-39-41-44(40-25)8-6-38)15-18-10-19(26(29,30)31)12-20(11-18)27(32,33)34;/h9-13,17,23H,2-8,14-15,38H2,1H3;1H. The number of alkyl halides is 9. The number of rotatable bonds is 8. The number of aryl methyl sites for hydroxylation is 1. The lowest BCUT2D eigenvalue weighted by Crippen LogP contribution is -2.31. The van der Waals surface area contributed by atoms with E-state index in [4.69, 9.17) is 5.73 Å². The summed E-state index contributed by atoms with van der Waals surface area (Å²) in [5, 5.41) is 12.2. The quantitative estimate of drug-likeness (QED) is 0.256. The molecule has 0 bridgehead atoms. The maximum atomic E-state index is 14.0. The molecule has 1 aromatic heterocycles. The molecule has 0 radical (unpaired) electrons. The Bertz CT molecular complexity index is 1450. The summed E-state index contributed by atoms with van der Waals surface area (Å²) in [6, 6.07) is 2.99. The maximum Gasteiger partial charge on any atom is 0.416 e. The molecule has 2 aromatic carbocycles. The van der Waals surface area contributed by atoms with Crippen LogP contribution in [-0.2, 0) is 31.6 Å². The molecule has 1 atom stereocenters. The lowest BCUT2D eigenvalue weighted by molar-refractivity contribution is -0.143. The van der Waals surface area contributed by atoms with E-state index in [2.05, 4.69) is 15.4 Å². The Morgan fingerprint density at radius 3 is 2.09 bits per heavy atom. The van der Waals surface area contributed by atoms with Crippen molar-refractivity contribution in [3.05, 3.63) is 63.7 Å². The van der Waals surface area contributed by atoms with Gasteiger partial charge in [0.25, 0.3) is 5.95 Å². The van der Waals surface area contributed by atoms with Gasteiger partial charge in [0.2, 0.25) is 0 Å². The van der Waals surface area contributed by atoms with Crippen LogP contribution < -0.4 is 15.5 Å². The lowest BCUT2D eigenvalue weighted by atomic mass is 9.94. The first-order valence-corrected chi connectivity index (χ1v) is 14.0. The molecular weight excluding hydrogens is 641 g/mol. The van der Waals surface area contributed by atoms with Crippen LogP contribution in [0.2, 0.25) is 0 Å². The van der Waals surface area contributed by atoms with Gasteiger partial charge in [-0.15, -0.1) is 17.5 Å². The van der Waals surface area contributed by atoms with Gasteiger partial charge in [-0.25, -0.2) is 0 Å². The monoisotopic (exact) mass is 671 g/mol. The average molecular weight is 672 g/mol. The zero-order chi connectivity index (χ0) is 32.0. The van der Waals surface area contributed by atoms with Crippen molar-refractivity contribution in [1.29, 1.82) is 0 Å². The smallest absolute Gasteiger partial charge is 0.371 e. The van der Waals surface area contributed by atoms with Gasteiger partial charge in [-0.2, -0.15) is 44.3 Å². The molecule has 0 amide bonds. The zero-order valence-electron chi connectivity index (χ0n) is 24.0. The zero-order valence-corrected chi connectivity index (χ0v) is 24.8. The van der Waals surface area contributed by atoms with Gasteiger partial charge in [0.05, 0.1) is 29.3 Å². The van der Waals surface area contributed by atoms with Gasteiger partial charge in [0, 0.05) is 31.9 Å². The van der Waals surface area contributed by atoms with E-state index < -0.39 is 47.8 Å². The summed E-state index contributed by atoms with van der Waals surface area (Å²) >= 11 is 0. The van der Waals surface area contributed by atoms with Crippen LogP contribution in [0.25, 0.3) is 0 Å². The van der Waals surface area contributed by atoms with E-state index in [1.165, 1.54) is 17.9 Å². The van der Waals surface area contributed by atoms with Crippen molar-refractivity contribution in [2.24, 2.45) is 11.7 Å². The number of nitrogens with zero attached hydrogens (tertiary/aromatic N) is 6. The minimum Gasteiger partial charge on any atom is -0.371 e. The molecule has 1 unspecified atom stereocenters. The Hall–Kier alpha value is -3.27. The first-order chi connectivity index (χ1) is 20.5. The number of aromatic nitrogens is 4. The van der Waals surface area contributed by atoms with Crippen LogP contribution in [0, 0.1) is 12.8 Å². The Morgan fingerprint density at radius 1 is 0.889 bits per heavy atom. The van der Waals surface area contributed by atoms with E-state index >= 15 is 0 Å². The lowest BCUT2D eigenvalue weighted by Gasteiger charge is -2.33. The Labute approximate surface area is 258 Å². The van der Waals surface area contributed by atoms with E-state index in [9.17, 15) is 39.5 Å². The first-order valence-electron chi connectivity index (χ1n) is 14.0. The highest BCUT2D eigenvalue weighted by Gasteiger charge is 2.40. The molecule has 2 aliphatic rings. The molecule has 1 aliphatic heterocycles. The first kappa shape index (κ1) is 34.6. The van der Waals surface area contributed by atoms with Crippen LogP contribution >= 0.6 is 12.4 Å². The number of fused-ring (bicyclic) bond motifs is 1. The van der Waals surface area contributed by atoms with Crippen molar-refractivity contribution in [3.63, 3.8) is 0 Å². The van der Waals surface area contributed by atoms with E-state index in [1.807, 2.05) is 4.90 Å².